The van der Waals surface area contributed by atoms with Crippen molar-refractivity contribution in [3.63, 3.8) is 0 Å². The smallest absolute Gasteiger partial charge is 0.0353 e. The summed E-state index contributed by atoms with van der Waals surface area (Å²) in [5, 5.41) is 0. The van der Waals surface area contributed by atoms with Crippen molar-refractivity contribution in [1.29, 1.82) is 0 Å². The molecule has 1 radical (unpaired) electrons. The zero-order valence-corrected chi connectivity index (χ0v) is 6.44. The summed E-state index contributed by atoms with van der Waals surface area (Å²) in [5.41, 5.74) is 2.02. The fourth-order valence-electron chi connectivity index (χ4n) is 1.00. The van der Waals surface area contributed by atoms with Crippen LogP contribution in [0.5, 0.6) is 0 Å². The molecule has 2 aromatic rings. The third-order valence-corrected chi connectivity index (χ3v) is 1.58. The van der Waals surface area contributed by atoms with Crippen molar-refractivity contribution < 1.29 is 0 Å². The first kappa shape index (κ1) is 6.98. The summed E-state index contributed by atoms with van der Waals surface area (Å²) in [6, 6.07) is 8.76. The summed E-state index contributed by atoms with van der Waals surface area (Å²) in [6.45, 7) is 0. The molecule has 2 nitrogen and oxygen atoms in total. The van der Waals surface area contributed by atoms with Crippen molar-refractivity contribution in [2.45, 2.75) is 0 Å². The van der Waals surface area contributed by atoms with Crippen molar-refractivity contribution >= 4 is 0 Å². The molecule has 57 valence electrons. The van der Waals surface area contributed by atoms with E-state index < -0.39 is 0 Å². The first-order valence-electron chi connectivity index (χ1n) is 3.69. The summed E-state index contributed by atoms with van der Waals surface area (Å²) in [7, 11) is 0. The second-order valence-electron chi connectivity index (χ2n) is 2.39. The molecular weight excluding hydrogens is 148 g/mol. The Bertz CT molecular complexity index is 305. The molecule has 0 unspecified atom stereocenters. The van der Waals surface area contributed by atoms with Crippen LogP contribution in [-0.2, 0) is 0 Å². The van der Waals surface area contributed by atoms with Gasteiger partial charge in [0.25, 0.3) is 0 Å². The predicted octanol–water partition coefficient (Wildman–Crippen LogP) is 1.94. The Morgan fingerprint density at radius 3 is 2.67 bits per heavy atom. The standard InChI is InChI=1S/C10H7N2/c1-3-9(7-11-5-1)10-4-2-6-12-8-10/h1-3,5-8H. The third-order valence-electron chi connectivity index (χ3n) is 1.58. The molecule has 2 rings (SSSR count). The minimum atomic E-state index is 0.977. The van der Waals surface area contributed by atoms with E-state index in [4.69, 9.17) is 0 Å². The van der Waals surface area contributed by atoms with Gasteiger partial charge in [-0.3, -0.25) is 9.97 Å². The lowest BCUT2D eigenvalue weighted by Crippen LogP contribution is -1.79. The normalized spacial score (nSPS) is 9.67. The monoisotopic (exact) mass is 155 g/mol. The Hall–Kier alpha value is -1.70. The predicted molar refractivity (Wildman–Crippen MR) is 46.3 cm³/mol. The first-order chi connectivity index (χ1) is 5.97. The van der Waals surface area contributed by atoms with Gasteiger partial charge >= 0.3 is 0 Å². The molecule has 0 N–H and O–H groups in total. The number of hydrogen-bond acceptors (Lipinski definition) is 2. The van der Waals surface area contributed by atoms with Gasteiger partial charge in [0, 0.05) is 35.9 Å². The van der Waals surface area contributed by atoms with Gasteiger partial charge in [0.15, 0.2) is 0 Å². The Morgan fingerprint density at radius 1 is 1.08 bits per heavy atom. The first-order valence-corrected chi connectivity index (χ1v) is 3.69. The van der Waals surface area contributed by atoms with Crippen LogP contribution in [0.4, 0.5) is 0 Å². The van der Waals surface area contributed by atoms with Gasteiger partial charge in [-0.1, -0.05) is 6.07 Å². The summed E-state index contributed by atoms with van der Waals surface area (Å²) in [4.78, 5) is 8.02. The van der Waals surface area contributed by atoms with Crippen LogP contribution in [0.25, 0.3) is 11.1 Å². The summed E-state index contributed by atoms with van der Waals surface area (Å²) in [5.74, 6) is 0. The number of pyridine rings is 2. The van der Waals surface area contributed by atoms with Gasteiger partial charge in [-0.2, -0.15) is 0 Å². The van der Waals surface area contributed by atoms with Crippen LogP contribution in [-0.4, -0.2) is 9.97 Å². The molecule has 0 saturated heterocycles. The van der Waals surface area contributed by atoms with Crippen molar-refractivity contribution in [2.75, 3.05) is 0 Å². The van der Waals surface area contributed by atoms with Gasteiger partial charge in [0.05, 0.1) is 0 Å². The van der Waals surface area contributed by atoms with Gasteiger partial charge in [-0.25, -0.2) is 0 Å². The van der Waals surface area contributed by atoms with Crippen LogP contribution < -0.4 is 0 Å². The van der Waals surface area contributed by atoms with Crippen LogP contribution in [0.1, 0.15) is 0 Å². The van der Waals surface area contributed by atoms with Gasteiger partial charge in [-0.05, 0) is 18.2 Å². The van der Waals surface area contributed by atoms with Crippen LogP contribution in [0.15, 0.2) is 43.0 Å². The average molecular weight is 155 g/mol. The molecule has 2 heterocycles. The highest BCUT2D eigenvalue weighted by Crippen LogP contribution is 2.14. The molecule has 12 heavy (non-hydrogen) atoms. The molecule has 2 heteroatoms. The molecule has 0 amide bonds. The molecule has 0 aromatic carbocycles. The summed E-state index contributed by atoms with van der Waals surface area (Å²) in [6.07, 6.45) is 7.03. The fraction of sp³-hybridized carbons (Fsp3) is 0. The quantitative estimate of drug-likeness (QED) is 0.629. The number of rotatable bonds is 1. The van der Waals surface area contributed by atoms with Gasteiger partial charge in [0.2, 0.25) is 0 Å². The zero-order valence-electron chi connectivity index (χ0n) is 6.44. The second kappa shape index (κ2) is 3.13. The van der Waals surface area contributed by atoms with E-state index in [9.17, 15) is 0 Å². The van der Waals surface area contributed by atoms with Crippen molar-refractivity contribution in [3.05, 3.63) is 49.1 Å². The van der Waals surface area contributed by atoms with E-state index in [2.05, 4.69) is 16.0 Å². The van der Waals surface area contributed by atoms with Crippen LogP contribution in [0, 0.1) is 6.07 Å². The Morgan fingerprint density at radius 2 is 2.00 bits per heavy atom. The molecule has 0 spiro atoms. The highest BCUT2D eigenvalue weighted by atomic mass is 14.6. The zero-order chi connectivity index (χ0) is 8.23. The van der Waals surface area contributed by atoms with E-state index in [0.717, 1.165) is 11.1 Å². The highest BCUT2D eigenvalue weighted by Gasteiger charge is 1.94. The van der Waals surface area contributed by atoms with E-state index in [1.807, 2.05) is 12.1 Å². The van der Waals surface area contributed by atoms with E-state index in [-0.39, 0.29) is 0 Å². The maximum Gasteiger partial charge on any atom is 0.0353 e. The third kappa shape index (κ3) is 1.32. The Balaban J connectivity index is 2.46. The second-order valence-corrected chi connectivity index (χ2v) is 2.39. The lowest BCUT2D eigenvalue weighted by Gasteiger charge is -1.96. The molecule has 0 saturated carbocycles. The van der Waals surface area contributed by atoms with E-state index in [1.54, 1.807) is 30.9 Å². The molecule has 0 fully saturated rings. The molecule has 0 aliphatic heterocycles. The lowest BCUT2D eigenvalue weighted by atomic mass is 10.1. The fourth-order valence-corrected chi connectivity index (χ4v) is 1.00. The Kier molecular flexibility index (Phi) is 1.82. The van der Waals surface area contributed by atoms with Gasteiger partial charge in [-0.15, -0.1) is 0 Å². The van der Waals surface area contributed by atoms with Gasteiger partial charge in [0.1, 0.15) is 0 Å². The molecular formula is C10H7N2. The maximum absolute atomic E-state index is 4.01. The van der Waals surface area contributed by atoms with Crippen LogP contribution >= 0.6 is 0 Å². The summed E-state index contributed by atoms with van der Waals surface area (Å²) < 4.78 is 0. The van der Waals surface area contributed by atoms with Gasteiger partial charge < -0.3 is 0 Å². The molecule has 2 aromatic heterocycles. The van der Waals surface area contributed by atoms with Crippen molar-refractivity contribution in [1.82, 2.24) is 9.97 Å². The molecule has 0 aliphatic rings. The van der Waals surface area contributed by atoms with Crippen LogP contribution in [0.3, 0.4) is 0 Å². The minimum Gasteiger partial charge on any atom is -0.264 e. The molecule has 0 atom stereocenters. The summed E-state index contributed by atoms with van der Waals surface area (Å²) >= 11 is 0. The number of aromatic nitrogens is 2. The lowest BCUT2D eigenvalue weighted by molar-refractivity contribution is 1.29. The minimum absolute atomic E-state index is 0.977. The molecule has 0 aliphatic carbocycles. The van der Waals surface area contributed by atoms with Crippen molar-refractivity contribution in [2.24, 2.45) is 0 Å². The maximum atomic E-state index is 4.01. The number of hydrogen-bond donors (Lipinski definition) is 0. The largest absolute Gasteiger partial charge is 0.264 e. The van der Waals surface area contributed by atoms with Crippen LogP contribution in [0.2, 0.25) is 0 Å². The highest BCUT2D eigenvalue weighted by molar-refractivity contribution is 5.59. The SMILES string of the molecule is [c]1ccncc1-c1cccnc1. The van der Waals surface area contributed by atoms with E-state index >= 15 is 0 Å². The molecule has 0 bridgehead atoms. The Labute approximate surface area is 70.9 Å². The van der Waals surface area contributed by atoms with E-state index in [0.29, 0.717) is 0 Å². The van der Waals surface area contributed by atoms with E-state index in [1.165, 1.54) is 0 Å². The topological polar surface area (TPSA) is 25.8 Å². The van der Waals surface area contributed by atoms with Crippen molar-refractivity contribution in [3.8, 4) is 11.1 Å². The number of nitrogens with zero attached hydrogens (tertiary/aromatic N) is 2. The average Bonchev–Trinajstić information content (AvgIpc) is 2.21.